The molecule has 7 rings (SSSR count). The summed E-state index contributed by atoms with van der Waals surface area (Å²) in [6.45, 7) is 0.237. The third-order valence-electron chi connectivity index (χ3n) is 8.05. The highest BCUT2D eigenvalue weighted by Crippen LogP contribution is 2.41. The summed E-state index contributed by atoms with van der Waals surface area (Å²) in [7, 11) is 1.60. The van der Waals surface area contributed by atoms with Crippen LogP contribution in [-0.4, -0.2) is 11.7 Å². The molecular weight excluding hydrogens is 681 g/mol. The first-order chi connectivity index (χ1) is 21.6. The molecule has 0 bridgehead atoms. The van der Waals surface area contributed by atoms with Gasteiger partial charge in [0.25, 0.3) is 5.56 Å². The minimum Gasteiger partial charge on any atom is -0.493 e. The van der Waals surface area contributed by atoms with Crippen LogP contribution in [0.5, 0.6) is 11.5 Å². The number of methoxy groups -OCH3 is 1. The molecule has 4 aromatic carbocycles. The zero-order valence-corrected chi connectivity index (χ0v) is 26.8. The Morgan fingerprint density at radius 1 is 1.05 bits per heavy atom. The minimum atomic E-state index is -0.209. The van der Waals surface area contributed by atoms with Crippen molar-refractivity contribution in [3.05, 3.63) is 153 Å². The Balaban J connectivity index is 1.32. The van der Waals surface area contributed by atoms with Gasteiger partial charge in [0, 0.05) is 11.1 Å². The van der Waals surface area contributed by atoms with E-state index in [4.69, 9.17) is 14.5 Å². The molecule has 1 atom stereocenters. The Bertz CT molecular complexity index is 2180. The number of fused-ring (bicyclic) bond motifs is 3. The first-order valence-electron chi connectivity index (χ1n) is 14.2. The molecular formula is C36H26IN3O3S. The fourth-order valence-corrected chi connectivity index (χ4v) is 7.76. The average Bonchev–Trinajstić information content (AvgIpc) is 3.37. The smallest absolute Gasteiger partial charge is 0.271 e. The fraction of sp³-hybridized carbons (Fsp3) is 0.139. The van der Waals surface area contributed by atoms with E-state index in [0.717, 1.165) is 44.4 Å². The fourth-order valence-electron chi connectivity index (χ4n) is 5.98. The average molecular weight is 708 g/mol. The van der Waals surface area contributed by atoms with E-state index in [1.807, 2.05) is 59.2 Å². The van der Waals surface area contributed by atoms with E-state index in [0.29, 0.717) is 26.4 Å². The molecule has 2 heterocycles. The molecule has 8 heteroatoms. The topological polar surface area (TPSA) is 76.6 Å². The molecule has 5 aromatic rings. The van der Waals surface area contributed by atoms with Crippen molar-refractivity contribution < 1.29 is 9.47 Å². The van der Waals surface area contributed by atoms with Crippen molar-refractivity contribution in [2.24, 2.45) is 4.99 Å². The van der Waals surface area contributed by atoms with Crippen LogP contribution in [0.4, 0.5) is 0 Å². The van der Waals surface area contributed by atoms with E-state index in [-0.39, 0.29) is 18.2 Å². The van der Waals surface area contributed by atoms with Crippen molar-refractivity contribution >= 4 is 45.7 Å². The summed E-state index contributed by atoms with van der Waals surface area (Å²) in [6, 6.07) is 31.9. The Morgan fingerprint density at radius 2 is 1.82 bits per heavy atom. The van der Waals surface area contributed by atoms with Gasteiger partial charge in [-0.05, 0) is 82.0 Å². The van der Waals surface area contributed by atoms with Gasteiger partial charge >= 0.3 is 0 Å². The molecule has 44 heavy (non-hydrogen) atoms. The molecule has 0 radical (unpaired) electrons. The summed E-state index contributed by atoms with van der Waals surface area (Å²) in [5.74, 6) is 1.15. The standard InChI is InChI=1S/C36H26IN3O3S/c1-42-30-18-22(17-29(37)34(30)43-21-26-13-6-5-12-25(26)20-38)19-31-35(41)40-33(24-10-3-2-4-11-24)28-16-15-23-9-7-8-14-27(23)32(28)39-36(40)44-31/h2-14,17-19,33H,15-16,21H2,1H3/b31-19-/t33-/m0/s1. The first kappa shape index (κ1) is 28.3. The number of benzene rings is 4. The second kappa shape index (κ2) is 11.9. The molecule has 0 saturated carbocycles. The second-order valence-electron chi connectivity index (χ2n) is 10.6. The van der Waals surface area contributed by atoms with Crippen LogP contribution in [0, 0.1) is 14.9 Å². The molecule has 0 spiro atoms. The molecule has 0 fully saturated rings. The number of thiazole rings is 1. The van der Waals surface area contributed by atoms with Crippen LogP contribution >= 0.6 is 33.9 Å². The molecule has 1 aromatic heterocycles. The molecule has 0 amide bonds. The van der Waals surface area contributed by atoms with Gasteiger partial charge in [0.15, 0.2) is 16.3 Å². The number of nitrogens with zero attached hydrogens (tertiary/aromatic N) is 3. The molecule has 1 aliphatic heterocycles. The summed E-state index contributed by atoms with van der Waals surface area (Å²) in [5, 5.41) is 9.44. The highest BCUT2D eigenvalue weighted by atomic mass is 127. The van der Waals surface area contributed by atoms with Crippen molar-refractivity contribution in [3.8, 4) is 17.6 Å². The molecule has 0 saturated heterocycles. The van der Waals surface area contributed by atoms with Gasteiger partial charge in [0.05, 0.1) is 38.6 Å². The predicted octanol–water partition coefficient (Wildman–Crippen LogP) is 6.38. The quantitative estimate of drug-likeness (QED) is 0.192. The van der Waals surface area contributed by atoms with Gasteiger partial charge in [-0.1, -0.05) is 84.1 Å². The van der Waals surface area contributed by atoms with Crippen molar-refractivity contribution in [1.82, 2.24) is 4.57 Å². The van der Waals surface area contributed by atoms with E-state index in [2.05, 4.69) is 65.1 Å². The van der Waals surface area contributed by atoms with Crippen LogP contribution in [0.15, 0.2) is 106 Å². The van der Waals surface area contributed by atoms with Crippen LogP contribution < -0.4 is 24.4 Å². The van der Waals surface area contributed by atoms with Gasteiger partial charge in [-0.25, -0.2) is 4.99 Å². The Hall–Kier alpha value is -4.46. The number of ether oxygens (including phenoxy) is 2. The van der Waals surface area contributed by atoms with Crippen LogP contribution in [0.2, 0.25) is 0 Å². The van der Waals surface area contributed by atoms with Gasteiger partial charge in [-0.2, -0.15) is 5.26 Å². The van der Waals surface area contributed by atoms with E-state index in [9.17, 15) is 10.1 Å². The Labute approximate surface area is 272 Å². The van der Waals surface area contributed by atoms with Crippen molar-refractivity contribution in [3.63, 3.8) is 0 Å². The van der Waals surface area contributed by atoms with Gasteiger partial charge in [0.1, 0.15) is 6.61 Å². The minimum absolute atomic E-state index is 0.0598. The summed E-state index contributed by atoms with van der Waals surface area (Å²) in [6.07, 6.45) is 3.68. The zero-order valence-electron chi connectivity index (χ0n) is 23.8. The normalized spacial score (nSPS) is 15.5. The number of aryl methyl sites for hydroxylation is 1. The summed E-state index contributed by atoms with van der Waals surface area (Å²) in [5.41, 5.74) is 7.85. The lowest BCUT2D eigenvalue weighted by molar-refractivity contribution is 0.282. The van der Waals surface area contributed by atoms with Crippen LogP contribution in [0.25, 0.3) is 11.8 Å². The molecule has 0 unspecified atom stereocenters. The van der Waals surface area contributed by atoms with Gasteiger partial charge in [-0.15, -0.1) is 0 Å². The highest BCUT2D eigenvalue weighted by Gasteiger charge is 2.32. The maximum absolute atomic E-state index is 14.1. The lowest BCUT2D eigenvalue weighted by Gasteiger charge is -2.30. The van der Waals surface area contributed by atoms with Crippen molar-refractivity contribution in [2.75, 3.05) is 7.11 Å². The number of allylic oxidation sites excluding steroid dienone is 1. The molecule has 6 nitrogen and oxygen atoms in total. The summed E-state index contributed by atoms with van der Waals surface area (Å²) >= 11 is 3.63. The number of nitriles is 1. The maximum Gasteiger partial charge on any atom is 0.271 e. The predicted molar refractivity (Wildman–Crippen MR) is 180 cm³/mol. The second-order valence-corrected chi connectivity index (χ2v) is 12.8. The molecule has 216 valence electrons. The lowest BCUT2D eigenvalue weighted by atomic mass is 9.83. The van der Waals surface area contributed by atoms with Gasteiger partial charge < -0.3 is 9.47 Å². The largest absolute Gasteiger partial charge is 0.493 e. The highest BCUT2D eigenvalue weighted by molar-refractivity contribution is 14.1. The molecule has 1 aliphatic carbocycles. The third kappa shape index (κ3) is 5.06. The van der Waals surface area contributed by atoms with Crippen LogP contribution in [-0.2, 0) is 13.0 Å². The van der Waals surface area contributed by atoms with Crippen LogP contribution in [0.1, 0.15) is 45.8 Å². The first-order valence-corrected chi connectivity index (χ1v) is 16.1. The third-order valence-corrected chi connectivity index (χ3v) is 9.83. The van der Waals surface area contributed by atoms with E-state index < -0.39 is 0 Å². The van der Waals surface area contributed by atoms with Crippen molar-refractivity contribution in [2.45, 2.75) is 25.5 Å². The van der Waals surface area contributed by atoms with E-state index in [1.165, 1.54) is 22.5 Å². The lowest BCUT2D eigenvalue weighted by Crippen LogP contribution is -2.38. The summed E-state index contributed by atoms with van der Waals surface area (Å²) < 4.78 is 15.2. The summed E-state index contributed by atoms with van der Waals surface area (Å²) in [4.78, 5) is 19.9. The Morgan fingerprint density at radius 3 is 2.64 bits per heavy atom. The van der Waals surface area contributed by atoms with Gasteiger partial charge in [-0.3, -0.25) is 9.36 Å². The SMILES string of the molecule is COc1cc(/C=c2\sc3n(c2=O)[C@@H](c2ccccc2)C2=C(N=3)c3ccccc3CC2)cc(I)c1OCc1ccccc1C#N. The number of halogens is 1. The number of hydrogen-bond acceptors (Lipinski definition) is 6. The zero-order chi connectivity index (χ0) is 30.2. The molecule has 2 aliphatic rings. The van der Waals surface area contributed by atoms with Crippen molar-refractivity contribution in [1.29, 1.82) is 5.26 Å². The van der Waals surface area contributed by atoms with Crippen LogP contribution in [0.3, 0.4) is 0 Å². The van der Waals surface area contributed by atoms with E-state index in [1.54, 1.807) is 13.2 Å². The molecule has 0 N–H and O–H groups in total. The van der Waals surface area contributed by atoms with Gasteiger partial charge in [0.2, 0.25) is 0 Å². The Kier molecular flexibility index (Phi) is 7.66. The monoisotopic (exact) mass is 707 g/mol. The number of rotatable bonds is 6. The van der Waals surface area contributed by atoms with E-state index >= 15 is 0 Å². The maximum atomic E-state index is 14.1. The number of aromatic nitrogens is 1. The number of hydrogen-bond donors (Lipinski definition) is 0.